The van der Waals surface area contributed by atoms with Gasteiger partial charge in [-0.3, -0.25) is 0 Å². The van der Waals surface area contributed by atoms with Crippen LogP contribution in [0, 0.1) is 0 Å². The average Bonchev–Trinajstić information content (AvgIpc) is 3.42. The molecule has 0 amide bonds. The number of aromatic nitrogens is 2. The van der Waals surface area contributed by atoms with Gasteiger partial charge in [-0.1, -0.05) is 18.2 Å². The van der Waals surface area contributed by atoms with E-state index in [1.807, 2.05) is 35.0 Å². The van der Waals surface area contributed by atoms with E-state index in [1.165, 1.54) is 13.2 Å². The Bertz CT molecular complexity index is 987. The van der Waals surface area contributed by atoms with Gasteiger partial charge >= 0.3 is 11.9 Å². The second kappa shape index (κ2) is 7.11. The minimum Gasteiger partial charge on any atom is -0.463 e. The molecule has 0 bridgehead atoms. The number of carbonyl (C=O) groups excluding carboxylic acids is 2. The lowest BCUT2D eigenvalue weighted by Crippen LogP contribution is -2.09. The number of hydrogen-bond acceptors (Lipinski definition) is 6. The molecule has 2 heterocycles. The molecule has 0 radical (unpaired) electrons. The summed E-state index contributed by atoms with van der Waals surface area (Å²) in [5.74, 6) is -0.647. The molecule has 0 saturated heterocycles. The molecule has 0 fully saturated rings. The van der Waals surface area contributed by atoms with E-state index >= 15 is 0 Å². The first-order valence-electron chi connectivity index (χ1n) is 8.67. The smallest absolute Gasteiger partial charge is 0.373 e. The molecule has 1 aliphatic carbocycles. The molecular weight excluding hydrogens is 348 g/mol. The SMILES string of the molecule is COC(=O)c1ccc(COC(=O)c2nn(-c3ccccc3)c3c2CCC3)o1. The second-order valence-electron chi connectivity index (χ2n) is 6.21. The van der Waals surface area contributed by atoms with Crippen molar-refractivity contribution in [3.05, 3.63) is 70.9 Å². The monoisotopic (exact) mass is 366 g/mol. The predicted molar refractivity (Wildman–Crippen MR) is 94.8 cm³/mol. The summed E-state index contributed by atoms with van der Waals surface area (Å²) in [7, 11) is 1.27. The Morgan fingerprint density at radius 1 is 1.11 bits per heavy atom. The highest BCUT2D eigenvalue weighted by atomic mass is 16.6. The van der Waals surface area contributed by atoms with Crippen molar-refractivity contribution >= 4 is 11.9 Å². The number of furan rings is 1. The van der Waals surface area contributed by atoms with E-state index in [2.05, 4.69) is 9.84 Å². The number of benzene rings is 1. The Kier molecular flexibility index (Phi) is 4.50. The predicted octanol–water partition coefficient (Wildman–Crippen LogP) is 3.10. The fourth-order valence-electron chi connectivity index (χ4n) is 3.25. The van der Waals surface area contributed by atoms with Gasteiger partial charge in [-0.2, -0.15) is 5.10 Å². The van der Waals surface area contributed by atoms with Gasteiger partial charge in [-0.15, -0.1) is 0 Å². The second-order valence-corrected chi connectivity index (χ2v) is 6.21. The molecule has 2 aromatic heterocycles. The maximum absolute atomic E-state index is 12.6. The van der Waals surface area contributed by atoms with E-state index in [0.29, 0.717) is 11.5 Å². The Balaban J connectivity index is 1.53. The minimum absolute atomic E-state index is 0.0674. The quantitative estimate of drug-likeness (QED) is 0.645. The number of para-hydroxylation sites is 1. The number of carbonyl (C=O) groups is 2. The third-order valence-corrected chi connectivity index (χ3v) is 4.52. The Morgan fingerprint density at radius 3 is 2.70 bits per heavy atom. The van der Waals surface area contributed by atoms with Crippen LogP contribution in [0.3, 0.4) is 0 Å². The van der Waals surface area contributed by atoms with Crippen molar-refractivity contribution in [1.82, 2.24) is 9.78 Å². The van der Waals surface area contributed by atoms with Crippen LogP contribution in [-0.4, -0.2) is 28.8 Å². The molecule has 0 unspecified atom stereocenters. The first-order chi connectivity index (χ1) is 13.2. The number of hydrogen-bond donors (Lipinski definition) is 0. The molecule has 138 valence electrons. The summed E-state index contributed by atoms with van der Waals surface area (Å²) in [5.41, 5.74) is 3.26. The van der Waals surface area contributed by atoms with Crippen molar-refractivity contribution < 1.29 is 23.5 Å². The minimum atomic E-state index is -0.577. The highest BCUT2D eigenvalue weighted by Crippen LogP contribution is 2.28. The lowest BCUT2D eigenvalue weighted by molar-refractivity contribution is 0.0430. The number of methoxy groups -OCH3 is 1. The van der Waals surface area contributed by atoms with Crippen molar-refractivity contribution in [3.63, 3.8) is 0 Å². The zero-order valence-corrected chi connectivity index (χ0v) is 14.8. The van der Waals surface area contributed by atoms with Gasteiger partial charge in [0.05, 0.1) is 12.8 Å². The Labute approximate surface area is 155 Å². The Hall–Kier alpha value is -3.35. The summed E-state index contributed by atoms with van der Waals surface area (Å²) in [5, 5.41) is 4.50. The molecule has 0 spiro atoms. The number of rotatable bonds is 5. The van der Waals surface area contributed by atoms with Crippen molar-refractivity contribution in [2.45, 2.75) is 25.9 Å². The number of fused-ring (bicyclic) bond motifs is 1. The van der Waals surface area contributed by atoms with Gasteiger partial charge in [-0.05, 0) is 43.5 Å². The summed E-state index contributed by atoms with van der Waals surface area (Å²) in [6, 6.07) is 12.8. The van der Waals surface area contributed by atoms with E-state index in [4.69, 9.17) is 9.15 Å². The van der Waals surface area contributed by atoms with Gasteiger partial charge in [0, 0.05) is 11.3 Å². The van der Waals surface area contributed by atoms with E-state index in [0.717, 1.165) is 36.2 Å². The van der Waals surface area contributed by atoms with Crippen LogP contribution in [0.5, 0.6) is 0 Å². The summed E-state index contributed by atoms with van der Waals surface area (Å²) in [6.45, 7) is -0.0806. The molecule has 0 atom stereocenters. The molecule has 3 aromatic rings. The van der Waals surface area contributed by atoms with Crippen molar-refractivity contribution in [3.8, 4) is 5.69 Å². The molecule has 1 aromatic carbocycles. The van der Waals surface area contributed by atoms with Gasteiger partial charge in [0.1, 0.15) is 12.4 Å². The summed E-state index contributed by atoms with van der Waals surface area (Å²) >= 11 is 0. The van der Waals surface area contributed by atoms with Gasteiger partial charge in [0.2, 0.25) is 5.76 Å². The normalized spacial score (nSPS) is 12.6. The highest BCUT2D eigenvalue weighted by Gasteiger charge is 2.28. The summed E-state index contributed by atoms with van der Waals surface area (Å²) < 4.78 is 17.1. The molecule has 0 saturated carbocycles. The van der Waals surface area contributed by atoms with Crippen molar-refractivity contribution in [2.75, 3.05) is 7.11 Å². The van der Waals surface area contributed by atoms with Crippen LogP contribution in [0.25, 0.3) is 5.69 Å². The van der Waals surface area contributed by atoms with Gasteiger partial charge < -0.3 is 13.9 Å². The maximum atomic E-state index is 12.6. The van der Waals surface area contributed by atoms with E-state index in [-0.39, 0.29) is 12.4 Å². The summed E-state index contributed by atoms with van der Waals surface area (Å²) in [6.07, 6.45) is 2.67. The van der Waals surface area contributed by atoms with Crippen LogP contribution < -0.4 is 0 Å². The molecule has 1 aliphatic rings. The third kappa shape index (κ3) is 3.23. The first-order valence-corrected chi connectivity index (χ1v) is 8.67. The number of esters is 2. The van der Waals surface area contributed by atoms with Gasteiger partial charge in [0.15, 0.2) is 5.69 Å². The van der Waals surface area contributed by atoms with Crippen LogP contribution in [0.4, 0.5) is 0 Å². The maximum Gasteiger partial charge on any atom is 0.373 e. The number of ether oxygens (including phenoxy) is 2. The van der Waals surface area contributed by atoms with Crippen LogP contribution in [0.15, 0.2) is 46.9 Å². The van der Waals surface area contributed by atoms with E-state index in [9.17, 15) is 9.59 Å². The van der Waals surface area contributed by atoms with Crippen molar-refractivity contribution in [2.24, 2.45) is 0 Å². The largest absolute Gasteiger partial charge is 0.463 e. The number of nitrogens with zero attached hydrogens (tertiary/aromatic N) is 2. The topological polar surface area (TPSA) is 83.6 Å². The van der Waals surface area contributed by atoms with Crippen LogP contribution in [-0.2, 0) is 28.9 Å². The average molecular weight is 366 g/mol. The van der Waals surface area contributed by atoms with Crippen LogP contribution >= 0.6 is 0 Å². The van der Waals surface area contributed by atoms with Crippen molar-refractivity contribution in [1.29, 1.82) is 0 Å². The fourth-order valence-corrected chi connectivity index (χ4v) is 3.25. The highest BCUT2D eigenvalue weighted by molar-refractivity contribution is 5.89. The standard InChI is InChI=1S/C20H18N2O5/c1-25-19(23)17-11-10-14(27-17)12-26-20(24)18-15-8-5-9-16(15)22(21-18)13-6-3-2-4-7-13/h2-4,6-7,10-11H,5,8-9,12H2,1H3. The van der Waals surface area contributed by atoms with Gasteiger partial charge in [-0.25, -0.2) is 14.3 Å². The Morgan fingerprint density at radius 2 is 1.93 bits per heavy atom. The van der Waals surface area contributed by atoms with Crippen LogP contribution in [0.2, 0.25) is 0 Å². The molecule has 0 N–H and O–H groups in total. The molecule has 7 heteroatoms. The fraction of sp³-hybridized carbons (Fsp3) is 0.250. The molecular formula is C20H18N2O5. The van der Waals surface area contributed by atoms with Crippen LogP contribution in [0.1, 0.15) is 44.5 Å². The zero-order chi connectivity index (χ0) is 18.8. The molecule has 27 heavy (non-hydrogen) atoms. The first kappa shape index (κ1) is 17.1. The lowest BCUT2D eigenvalue weighted by atomic mass is 10.2. The molecule has 7 nitrogen and oxygen atoms in total. The zero-order valence-electron chi connectivity index (χ0n) is 14.8. The van der Waals surface area contributed by atoms with Gasteiger partial charge in [0.25, 0.3) is 0 Å². The van der Waals surface area contributed by atoms with E-state index in [1.54, 1.807) is 6.07 Å². The van der Waals surface area contributed by atoms with E-state index < -0.39 is 11.9 Å². The summed E-state index contributed by atoms with van der Waals surface area (Å²) in [4.78, 5) is 24.0. The molecule has 0 aliphatic heterocycles. The lowest BCUT2D eigenvalue weighted by Gasteiger charge is -2.04. The third-order valence-electron chi connectivity index (χ3n) is 4.52. The molecule has 4 rings (SSSR count).